The number of nitrogens with zero attached hydrogens (tertiary/aromatic N) is 2. The summed E-state index contributed by atoms with van der Waals surface area (Å²) >= 11 is 3.35. The molecule has 39 heavy (non-hydrogen) atoms. The molecule has 1 aromatic heterocycles. The molecule has 4 aromatic carbocycles. The average Bonchev–Trinajstić information content (AvgIpc) is 3.36. The van der Waals surface area contributed by atoms with Gasteiger partial charge in [-0.3, -0.25) is 9.48 Å². The second-order valence-corrected chi connectivity index (χ2v) is 11.1. The molecule has 0 N–H and O–H groups in total. The molecule has 0 saturated carbocycles. The van der Waals surface area contributed by atoms with Gasteiger partial charge in [-0.1, -0.05) is 60.7 Å². The molecule has 0 amide bonds. The molecule has 1 heterocycles. The number of thioether (sulfide) groups is 2. The lowest BCUT2D eigenvalue weighted by Crippen LogP contribution is -2.14. The van der Waals surface area contributed by atoms with Gasteiger partial charge in [0.15, 0.2) is 5.78 Å². The van der Waals surface area contributed by atoms with E-state index in [2.05, 4.69) is 12.3 Å². The Kier molecular flexibility index (Phi) is 7.35. The SMILES string of the molecule is CSCCn1nc2c3c(c(SC)ccc31)C(=O)c1c(OCc3ccccc3)ccc(OCc3ccccc3)c1-2. The highest BCUT2D eigenvalue weighted by Crippen LogP contribution is 2.49. The van der Waals surface area contributed by atoms with Crippen molar-refractivity contribution < 1.29 is 14.3 Å². The maximum absolute atomic E-state index is 14.4. The molecule has 0 spiro atoms. The highest BCUT2D eigenvalue weighted by molar-refractivity contribution is 7.98. The van der Waals surface area contributed by atoms with Crippen LogP contribution in [0.4, 0.5) is 0 Å². The number of aryl methyl sites for hydroxylation is 1. The monoisotopic (exact) mass is 552 g/mol. The predicted octanol–water partition coefficient (Wildman–Crippen LogP) is 7.49. The summed E-state index contributed by atoms with van der Waals surface area (Å²) in [6.07, 6.45) is 4.09. The lowest BCUT2D eigenvalue weighted by atomic mass is 9.86. The minimum Gasteiger partial charge on any atom is -0.488 e. The van der Waals surface area contributed by atoms with Gasteiger partial charge in [-0.25, -0.2) is 0 Å². The van der Waals surface area contributed by atoms with Gasteiger partial charge in [-0.15, -0.1) is 11.8 Å². The first kappa shape index (κ1) is 25.6. The number of hydrogen-bond acceptors (Lipinski definition) is 6. The summed E-state index contributed by atoms with van der Waals surface area (Å²) in [5.41, 5.74) is 5.76. The van der Waals surface area contributed by atoms with E-state index in [-0.39, 0.29) is 5.78 Å². The molecule has 0 aliphatic heterocycles. The largest absolute Gasteiger partial charge is 0.488 e. The highest BCUT2D eigenvalue weighted by Gasteiger charge is 2.36. The van der Waals surface area contributed by atoms with Crippen LogP contribution < -0.4 is 9.47 Å². The second-order valence-electron chi connectivity index (χ2n) is 9.29. The fourth-order valence-electron chi connectivity index (χ4n) is 5.03. The third-order valence-electron chi connectivity index (χ3n) is 6.90. The Morgan fingerprint density at radius 3 is 1.95 bits per heavy atom. The van der Waals surface area contributed by atoms with E-state index in [0.717, 1.165) is 44.9 Å². The van der Waals surface area contributed by atoms with Gasteiger partial charge >= 0.3 is 0 Å². The molecular weight excluding hydrogens is 524 g/mol. The van der Waals surface area contributed by atoms with Gasteiger partial charge in [0, 0.05) is 21.6 Å². The number of aromatic nitrogens is 2. The third-order valence-corrected chi connectivity index (χ3v) is 8.27. The standard InChI is InChI=1S/C32H28N2O3S2/c1-38-18-17-34-23-13-16-26(39-2)30-27(23)31(33-34)28-24(36-19-21-9-5-3-6-10-21)14-15-25(29(28)32(30)35)37-20-22-11-7-4-8-12-22/h3-16H,17-20H2,1-2H3. The summed E-state index contributed by atoms with van der Waals surface area (Å²) in [6.45, 7) is 1.50. The Hall–Kier alpha value is -3.68. The van der Waals surface area contributed by atoms with Crippen molar-refractivity contribution >= 4 is 40.2 Å². The lowest BCUT2D eigenvalue weighted by Gasteiger charge is -2.22. The summed E-state index contributed by atoms with van der Waals surface area (Å²) in [5, 5.41) is 5.98. The zero-order chi connectivity index (χ0) is 26.8. The van der Waals surface area contributed by atoms with Crippen molar-refractivity contribution in [3.63, 3.8) is 0 Å². The smallest absolute Gasteiger partial charge is 0.199 e. The van der Waals surface area contributed by atoms with Gasteiger partial charge in [0.05, 0.1) is 23.2 Å². The molecule has 0 atom stereocenters. The van der Waals surface area contributed by atoms with Crippen LogP contribution in [-0.2, 0) is 19.8 Å². The summed E-state index contributed by atoms with van der Waals surface area (Å²) in [4.78, 5) is 15.3. The Morgan fingerprint density at radius 1 is 0.744 bits per heavy atom. The van der Waals surface area contributed by atoms with Crippen LogP contribution >= 0.6 is 23.5 Å². The van der Waals surface area contributed by atoms with Crippen molar-refractivity contribution in [1.82, 2.24) is 9.78 Å². The summed E-state index contributed by atoms with van der Waals surface area (Å²) in [5.74, 6) is 2.05. The molecule has 0 unspecified atom stereocenters. The number of carbonyl (C=O) groups is 1. The number of carbonyl (C=O) groups excluding carboxylic acids is 1. The molecule has 5 nitrogen and oxygen atoms in total. The van der Waals surface area contributed by atoms with Gasteiger partial charge in [0.2, 0.25) is 0 Å². The van der Waals surface area contributed by atoms with Crippen LogP contribution in [0.1, 0.15) is 27.0 Å². The topological polar surface area (TPSA) is 53.4 Å². The molecule has 1 aliphatic rings. The lowest BCUT2D eigenvalue weighted by molar-refractivity contribution is 0.103. The second kappa shape index (κ2) is 11.2. The zero-order valence-electron chi connectivity index (χ0n) is 21.8. The van der Waals surface area contributed by atoms with Crippen molar-refractivity contribution in [3.8, 4) is 22.8 Å². The van der Waals surface area contributed by atoms with Gasteiger partial charge < -0.3 is 9.47 Å². The summed E-state index contributed by atoms with van der Waals surface area (Å²) < 4.78 is 14.7. The number of ketones is 1. The number of hydrogen-bond donors (Lipinski definition) is 0. The van der Waals surface area contributed by atoms with Crippen molar-refractivity contribution in [1.29, 1.82) is 0 Å². The van der Waals surface area contributed by atoms with Crippen LogP contribution in [0.3, 0.4) is 0 Å². The van der Waals surface area contributed by atoms with Gasteiger partial charge in [-0.05, 0) is 47.9 Å². The molecule has 1 aliphatic carbocycles. The van der Waals surface area contributed by atoms with Gasteiger partial charge in [0.25, 0.3) is 0 Å². The normalized spacial score (nSPS) is 12.0. The number of benzene rings is 4. The number of fused-ring (bicyclic) bond motifs is 2. The quantitative estimate of drug-likeness (QED) is 0.164. The minimum absolute atomic E-state index is 0.0508. The van der Waals surface area contributed by atoms with E-state index in [4.69, 9.17) is 14.6 Å². The Morgan fingerprint density at radius 2 is 1.36 bits per heavy atom. The van der Waals surface area contributed by atoms with Gasteiger partial charge in [-0.2, -0.15) is 16.9 Å². The third kappa shape index (κ3) is 4.81. The van der Waals surface area contributed by atoms with Crippen LogP contribution in [0.2, 0.25) is 0 Å². The molecule has 6 rings (SSSR count). The van der Waals surface area contributed by atoms with E-state index in [1.165, 1.54) is 0 Å². The predicted molar refractivity (Wildman–Crippen MR) is 160 cm³/mol. The zero-order valence-corrected chi connectivity index (χ0v) is 23.5. The van der Waals surface area contributed by atoms with Crippen molar-refractivity contribution in [2.24, 2.45) is 0 Å². The number of rotatable bonds is 10. The maximum Gasteiger partial charge on any atom is 0.199 e. The van der Waals surface area contributed by atoms with Gasteiger partial charge in [0.1, 0.15) is 30.4 Å². The van der Waals surface area contributed by atoms with E-state index in [1.54, 1.807) is 23.5 Å². The Balaban J connectivity index is 1.53. The van der Waals surface area contributed by atoms with Crippen LogP contribution in [0.5, 0.6) is 11.5 Å². The first-order valence-corrected chi connectivity index (χ1v) is 15.4. The maximum atomic E-state index is 14.4. The minimum atomic E-state index is -0.0508. The van der Waals surface area contributed by atoms with Crippen molar-refractivity contribution in [2.45, 2.75) is 24.7 Å². The summed E-state index contributed by atoms with van der Waals surface area (Å²) in [6, 6.07) is 27.9. The highest BCUT2D eigenvalue weighted by atomic mass is 32.2. The number of ether oxygens (including phenoxy) is 2. The molecule has 196 valence electrons. The summed E-state index contributed by atoms with van der Waals surface area (Å²) in [7, 11) is 0. The van der Waals surface area contributed by atoms with E-state index < -0.39 is 0 Å². The van der Waals surface area contributed by atoms with Crippen molar-refractivity contribution in [3.05, 3.63) is 107 Å². The Bertz CT molecular complexity index is 1650. The van der Waals surface area contributed by atoms with E-state index >= 15 is 0 Å². The average molecular weight is 553 g/mol. The molecule has 0 fully saturated rings. The van der Waals surface area contributed by atoms with Crippen LogP contribution in [-0.4, -0.2) is 33.8 Å². The molecular formula is C32H28N2O3S2. The molecule has 5 aromatic rings. The fourth-order valence-corrected chi connectivity index (χ4v) is 5.99. The first-order valence-electron chi connectivity index (χ1n) is 12.8. The van der Waals surface area contributed by atoms with E-state index in [9.17, 15) is 4.79 Å². The van der Waals surface area contributed by atoms with Crippen LogP contribution in [0.15, 0.2) is 89.8 Å². The first-order chi connectivity index (χ1) is 19.2. The fraction of sp³-hybridized carbons (Fsp3) is 0.188. The van der Waals surface area contributed by atoms with Crippen molar-refractivity contribution in [2.75, 3.05) is 18.3 Å². The molecule has 0 bridgehead atoms. The molecule has 0 saturated heterocycles. The van der Waals surface area contributed by atoms with Crippen LogP contribution in [0, 0.1) is 0 Å². The molecule has 7 heteroatoms. The van der Waals surface area contributed by atoms with E-state index in [0.29, 0.717) is 41.4 Å². The Labute approximate surface area is 236 Å². The molecule has 0 radical (unpaired) electrons. The van der Waals surface area contributed by atoms with E-state index in [1.807, 2.05) is 89.8 Å². The van der Waals surface area contributed by atoms with Crippen LogP contribution in [0.25, 0.3) is 22.2 Å².